The van der Waals surface area contributed by atoms with Gasteiger partial charge in [0.15, 0.2) is 12.4 Å². The maximum atomic E-state index is 12.7. The zero-order valence-electron chi connectivity index (χ0n) is 12.4. The van der Waals surface area contributed by atoms with Gasteiger partial charge in [-0.05, 0) is 30.7 Å². The van der Waals surface area contributed by atoms with Crippen LogP contribution in [0, 0.1) is 5.82 Å². The molecule has 1 heterocycles. The summed E-state index contributed by atoms with van der Waals surface area (Å²) in [5.41, 5.74) is 1.18. The van der Waals surface area contributed by atoms with Gasteiger partial charge in [0.25, 0.3) is 5.91 Å². The molecule has 23 heavy (non-hydrogen) atoms. The van der Waals surface area contributed by atoms with E-state index < -0.39 is 18.5 Å². The number of rotatable bonds is 6. The molecule has 2 N–H and O–H groups in total. The molecule has 120 valence electrons. The van der Waals surface area contributed by atoms with E-state index in [4.69, 9.17) is 4.74 Å². The van der Waals surface area contributed by atoms with Crippen LogP contribution in [-0.4, -0.2) is 29.3 Å². The number of ketones is 1. The quantitative estimate of drug-likeness (QED) is 0.628. The number of H-pyrrole nitrogens is 1. The molecule has 0 fully saturated rings. The van der Waals surface area contributed by atoms with E-state index in [1.165, 1.54) is 31.3 Å². The van der Waals surface area contributed by atoms with E-state index in [0.29, 0.717) is 5.56 Å². The van der Waals surface area contributed by atoms with E-state index in [-0.39, 0.29) is 23.8 Å². The second-order valence-corrected chi connectivity index (χ2v) is 4.84. The van der Waals surface area contributed by atoms with Crippen molar-refractivity contribution in [2.24, 2.45) is 0 Å². The molecule has 0 bridgehead atoms. The van der Waals surface area contributed by atoms with Crippen molar-refractivity contribution in [2.45, 2.75) is 13.5 Å². The van der Waals surface area contributed by atoms with Crippen molar-refractivity contribution in [1.82, 2.24) is 10.3 Å². The first-order valence-electron chi connectivity index (χ1n) is 6.83. The summed E-state index contributed by atoms with van der Waals surface area (Å²) < 4.78 is 17.6. The van der Waals surface area contributed by atoms with Gasteiger partial charge >= 0.3 is 5.97 Å². The van der Waals surface area contributed by atoms with E-state index in [0.717, 1.165) is 5.56 Å². The minimum Gasteiger partial charge on any atom is -0.451 e. The molecule has 2 aromatic rings. The normalized spacial score (nSPS) is 10.2. The van der Waals surface area contributed by atoms with Crippen molar-refractivity contribution in [2.75, 3.05) is 6.61 Å². The lowest BCUT2D eigenvalue weighted by Crippen LogP contribution is -2.28. The highest BCUT2D eigenvalue weighted by Crippen LogP contribution is 2.06. The fourth-order valence-corrected chi connectivity index (χ4v) is 1.78. The number of carbonyl (C=O) groups is 3. The highest BCUT2D eigenvalue weighted by molar-refractivity contribution is 5.97. The van der Waals surface area contributed by atoms with E-state index in [1.807, 2.05) is 0 Å². The number of hydrogen-bond acceptors (Lipinski definition) is 4. The van der Waals surface area contributed by atoms with Crippen LogP contribution in [-0.2, 0) is 16.1 Å². The predicted octanol–water partition coefficient (Wildman–Crippen LogP) is 1.83. The third kappa shape index (κ3) is 4.77. The number of benzene rings is 1. The Bertz CT molecular complexity index is 722. The fourth-order valence-electron chi connectivity index (χ4n) is 1.78. The van der Waals surface area contributed by atoms with Crippen molar-refractivity contribution in [3.63, 3.8) is 0 Å². The zero-order chi connectivity index (χ0) is 16.8. The van der Waals surface area contributed by atoms with Gasteiger partial charge in [0, 0.05) is 18.3 Å². The Labute approximate surface area is 131 Å². The molecule has 1 aromatic carbocycles. The highest BCUT2D eigenvalue weighted by atomic mass is 19.1. The SMILES string of the molecule is CC(=O)c1c[nH]c(C(=O)OCC(=O)NCc2ccc(F)cc2)c1. The van der Waals surface area contributed by atoms with Crippen molar-refractivity contribution < 1.29 is 23.5 Å². The van der Waals surface area contributed by atoms with Crippen LogP contribution in [0.5, 0.6) is 0 Å². The molecule has 1 aromatic heterocycles. The van der Waals surface area contributed by atoms with Crippen LogP contribution in [0.25, 0.3) is 0 Å². The summed E-state index contributed by atoms with van der Waals surface area (Å²) in [6.45, 7) is 1.13. The van der Waals surface area contributed by atoms with Gasteiger partial charge < -0.3 is 15.0 Å². The minimum atomic E-state index is -0.727. The molecule has 0 saturated carbocycles. The van der Waals surface area contributed by atoms with Gasteiger partial charge in [0.05, 0.1) is 0 Å². The number of halogens is 1. The van der Waals surface area contributed by atoms with Crippen molar-refractivity contribution >= 4 is 17.7 Å². The first kappa shape index (κ1) is 16.4. The van der Waals surface area contributed by atoms with Crippen LogP contribution in [0.15, 0.2) is 36.5 Å². The minimum absolute atomic E-state index is 0.0986. The van der Waals surface area contributed by atoms with Crippen LogP contribution in [0.4, 0.5) is 4.39 Å². The molecule has 1 amide bonds. The zero-order valence-corrected chi connectivity index (χ0v) is 12.4. The molecule has 0 saturated heterocycles. The van der Waals surface area contributed by atoms with Gasteiger partial charge in [-0.15, -0.1) is 0 Å². The Hall–Kier alpha value is -2.96. The lowest BCUT2D eigenvalue weighted by molar-refractivity contribution is -0.124. The number of nitrogens with one attached hydrogen (secondary N) is 2. The molecule has 0 spiro atoms. The summed E-state index contributed by atoms with van der Waals surface area (Å²) in [6.07, 6.45) is 1.40. The number of aromatic amines is 1. The van der Waals surface area contributed by atoms with Crippen LogP contribution < -0.4 is 5.32 Å². The first-order chi connectivity index (χ1) is 11.0. The fraction of sp³-hybridized carbons (Fsp3) is 0.188. The molecule has 0 aliphatic heterocycles. The standard InChI is InChI=1S/C16H15FN2O4/c1-10(20)12-6-14(18-8-12)16(22)23-9-15(21)19-7-11-2-4-13(17)5-3-11/h2-6,8,18H,7,9H2,1H3,(H,19,21). The van der Waals surface area contributed by atoms with Crippen LogP contribution >= 0.6 is 0 Å². The van der Waals surface area contributed by atoms with Crippen LogP contribution in [0.3, 0.4) is 0 Å². The lowest BCUT2D eigenvalue weighted by Gasteiger charge is -2.06. The van der Waals surface area contributed by atoms with Gasteiger partial charge in [-0.2, -0.15) is 0 Å². The molecule has 0 radical (unpaired) electrons. The Morgan fingerprint density at radius 1 is 1.22 bits per heavy atom. The second kappa shape index (κ2) is 7.35. The molecule has 0 aliphatic rings. The number of aromatic nitrogens is 1. The molecule has 0 aliphatic carbocycles. The highest BCUT2D eigenvalue weighted by Gasteiger charge is 2.13. The van der Waals surface area contributed by atoms with Crippen molar-refractivity contribution in [3.8, 4) is 0 Å². The van der Waals surface area contributed by atoms with Crippen molar-refractivity contribution in [1.29, 1.82) is 0 Å². The van der Waals surface area contributed by atoms with Crippen molar-refractivity contribution in [3.05, 3.63) is 59.2 Å². The van der Waals surface area contributed by atoms with E-state index in [9.17, 15) is 18.8 Å². The Balaban J connectivity index is 1.78. The number of ether oxygens (including phenoxy) is 1. The van der Waals surface area contributed by atoms with E-state index >= 15 is 0 Å². The summed E-state index contributed by atoms with van der Waals surface area (Å²) in [4.78, 5) is 37.1. The van der Waals surface area contributed by atoms with Gasteiger partial charge in [-0.3, -0.25) is 9.59 Å². The Morgan fingerprint density at radius 3 is 2.52 bits per heavy atom. The summed E-state index contributed by atoms with van der Waals surface area (Å²) in [7, 11) is 0. The lowest BCUT2D eigenvalue weighted by atomic mass is 10.2. The average Bonchev–Trinajstić information content (AvgIpc) is 3.02. The smallest absolute Gasteiger partial charge is 0.355 e. The number of carbonyl (C=O) groups excluding carboxylic acids is 3. The molecule has 6 nitrogen and oxygen atoms in total. The summed E-state index contributed by atoms with van der Waals surface area (Å²) in [5, 5.41) is 2.55. The number of esters is 1. The summed E-state index contributed by atoms with van der Waals surface area (Å²) in [6, 6.07) is 7.04. The molecule has 0 atom stereocenters. The third-order valence-corrected chi connectivity index (χ3v) is 3.05. The number of amides is 1. The maximum Gasteiger partial charge on any atom is 0.355 e. The maximum absolute atomic E-state index is 12.7. The first-order valence-corrected chi connectivity index (χ1v) is 6.83. The van der Waals surface area contributed by atoms with Gasteiger partial charge in [0.1, 0.15) is 11.5 Å². The summed E-state index contributed by atoms with van der Waals surface area (Å²) in [5.74, 6) is -1.75. The third-order valence-electron chi connectivity index (χ3n) is 3.05. The average molecular weight is 318 g/mol. The van der Waals surface area contributed by atoms with Crippen LogP contribution in [0.2, 0.25) is 0 Å². The summed E-state index contributed by atoms with van der Waals surface area (Å²) >= 11 is 0. The van der Waals surface area contributed by atoms with Crippen LogP contribution in [0.1, 0.15) is 33.3 Å². The Kier molecular flexibility index (Phi) is 5.24. The number of hydrogen-bond donors (Lipinski definition) is 2. The molecular formula is C16H15FN2O4. The molecular weight excluding hydrogens is 303 g/mol. The van der Waals surface area contributed by atoms with E-state index in [2.05, 4.69) is 10.3 Å². The number of Topliss-reactive ketones (excluding diaryl/α,β-unsaturated/α-hetero) is 1. The predicted molar refractivity (Wildman–Crippen MR) is 79.3 cm³/mol. The van der Waals surface area contributed by atoms with Gasteiger partial charge in [-0.25, -0.2) is 9.18 Å². The molecule has 7 heteroatoms. The van der Waals surface area contributed by atoms with Gasteiger partial charge in [-0.1, -0.05) is 12.1 Å². The Morgan fingerprint density at radius 2 is 1.91 bits per heavy atom. The van der Waals surface area contributed by atoms with Gasteiger partial charge in [0.2, 0.25) is 0 Å². The van der Waals surface area contributed by atoms with E-state index in [1.54, 1.807) is 12.1 Å². The topological polar surface area (TPSA) is 88.3 Å². The largest absolute Gasteiger partial charge is 0.451 e. The molecule has 0 unspecified atom stereocenters. The monoisotopic (exact) mass is 318 g/mol. The molecule has 2 rings (SSSR count). The second-order valence-electron chi connectivity index (χ2n) is 4.84.